The van der Waals surface area contributed by atoms with E-state index in [2.05, 4.69) is 16.0 Å². The summed E-state index contributed by atoms with van der Waals surface area (Å²) in [5.74, 6) is -0.963. The van der Waals surface area contributed by atoms with Crippen LogP contribution < -0.4 is 21.7 Å². The molecule has 0 bridgehead atoms. The molecule has 0 aromatic rings. The molecule has 0 fully saturated rings. The predicted molar refractivity (Wildman–Crippen MR) is 74.2 cm³/mol. The SMILES string of the molecule is CC(C)(C)CC(CC(=O)O)NC(=O)NCCNC(N)=O. The van der Waals surface area contributed by atoms with E-state index in [1.165, 1.54) is 0 Å². The van der Waals surface area contributed by atoms with Crippen molar-refractivity contribution in [3.63, 3.8) is 0 Å². The molecular weight excluding hydrogens is 264 g/mol. The van der Waals surface area contributed by atoms with Crippen LogP contribution in [0.15, 0.2) is 0 Å². The molecule has 8 nitrogen and oxygen atoms in total. The average Bonchev–Trinajstić information content (AvgIpc) is 2.20. The van der Waals surface area contributed by atoms with Crippen molar-refractivity contribution in [3.8, 4) is 0 Å². The Morgan fingerprint density at radius 3 is 2.15 bits per heavy atom. The molecule has 0 aromatic carbocycles. The van der Waals surface area contributed by atoms with Crippen molar-refractivity contribution < 1.29 is 19.5 Å². The zero-order chi connectivity index (χ0) is 15.8. The number of carbonyl (C=O) groups excluding carboxylic acids is 2. The van der Waals surface area contributed by atoms with Gasteiger partial charge in [-0.1, -0.05) is 20.8 Å². The fourth-order valence-corrected chi connectivity index (χ4v) is 1.72. The molecule has 116 valence electrons. The van der Waals surface area contributed by atoms with E-state index in [1.54, 1.807) is 0 Å². The molecule has 1 atom stereocenters. The normalized spacial score (nSPS) is 12.3. The van der Waals surface area contributed by atoms with E-state index in [-0.39, 0.29) is 24.9 Å². The molecule has 8 heteroatoms. The third-order valence-electron chi connectivity index (χ3n) is 2.32. The first-order valence-corrected chi connectivity index (χ1v) is 6.39. The Hall–Kier alpha value is -1.99. The van der Waals surface area contributed by atoms with Crippen molar-refractivity contribution in [2.24, 2.45) is 11.1 Å². The third-order valence-corrected chi connectivity index (χ3v) is 2.32. The molecule has 0 aliphatic carbocycles. The molecule has 0 spiro atoms. The summed E-state index contributed by atoms with van der Waals surface area (Å²) in [6.07, 6.45) is 0.413. The van der Waals surface area contributed by atoms with Gasteiger partial charge in [-0.25, -0.2) is 9.59 Å². The highest BCUT2D eigenvalue weighted by Gasteiger charge is 2.22. The van der Waals surface area contributed by atoms with E-state index in [9.17, 15) is 14.4 Å². The molecule has 6 N–H and O–H groups in total. The van der Waals surface area contributed by atoms with Crippen LogP contribution in [0.5, 0.6) is 0 Å². The standard InChI is InChI=1S/C12H24N4O4/c1-12(2,3)7-8(6-9(17)18)16-11(20)15-5-4-14-10(13)19/h8H,4-7H2,1-3H3,(H,17,18)(H3,13,14,19)(H2,15,16,20). The smallest absolute Gasteiger partial charge is 0.315 e. The van der Waals surface area contributed by atoms with Crippen molar-refractivity contribution in [1.29, 1.82) is 0 Å². The fraction of sp³-hybridized carbons (Fsp3) is 0.750. The Kier molecular flexibility index (Phi) is 7.42. The van der Waals surface area contributed by atoms with Gasteiger partial charge in [-0.2, -0.15) is 0 Å². The van der Waals surface area contributed by atoms with Crippen molar-refractivity contribution in [3.05, 3.63) is 0 Å². The van der Waals surface area contributed by atoms with E-state index in [0.29, 0.717) is 6.42 Å². The van der Waals surface area contributed by atoms with Crippen LogP contribution in [0.1, 0.15) is 33.6 Å². The first kappa shape index (κ1) is 18.0. The number of nitrogens with one attached hydrogen (secondary N) is 3. The quantitative estimate of drug-likeness (QED) is 0.429. The lowest BCUT2D eigenvalue weighted by Gasteiger charge is -2.25. The number of carbonyl (C=O) groups is 3. The van der Waals surface area contributed by atoms with Crippen LogP contribution in [-0.2, 0) is 4.79 Å². The lowest BCUT2D eigenvalue weighted by atomic mass is 9.87. The maximum absolute atomic E-state index is 11.6. The minimum Gasteiger partial charge on any atom is -0.481 e. The molecule has 0 aromatic heterocycles. The van der Waals surface area contributed by atoms with Crippen molar-refractivity contribution in [1.82, 2.24) is 16.0 Å². The van der Waals surface area contributed by atoms with Crippen LogP contribution >= 0.6 is 0 Å². The minimum atomic E-state index is -0.963. The Bertz CT molecular complexity index is 352. The highest BCUT2D eigenvalue weighted by atomic mass is 16.4. The van der Waals surface area contributed by atoms with Gasteiger partial charge in [-0.05, 0) is 11.8 Å². The number of aliphatic carboxylic acids is 1. The molecule has 1 unspecified atom stereocenters. The Labute approximate surface area is 118 Å². The molecule has 0 saturated carbocycles. The molecule has 0 aliphatic heterocycles. The predicted octanol–water partition coefficient (Wildman–Crippen LogP) is 0.233. The Morgan fingerprint density at radius 2 is 1.70 bits per heavy atom. The van der Waals surface area contributed by atoms with Crippen LogP contribution in [0, 0.1) is 5.41 Å². The largest absolute Gasteiger partial charge is 0.481 e. The first-order valence-electron chi connectivity index (χ1n) is 6.39. The summed E-state index contributed by atoms with van der Waals surface area (Å²) < 4.78 is 0. The lowest BCUT2D eigenvalue weighted by molar-refractivity contribution is -0.137. The molecule has 0 rings (SSSR count). The van der Waals surface area contributed by atoms with Crippen LogP contribution in [0.25, 0.3) is 0 Å². The number of nitrogens with two attached hydrogens (primary N) is 1. The Balaban J connectivity index is 4.18. The molecule has 0 heterocycles. The van der Waals surface area contributed by atoms with Crippen LogP contribution in [-0.4, -0.2) is 42.3 Å². The summed E-state index contributed by atoms with van der Waals surface area (Å²) in [4.78, 5) is 32.8. The topological polar surface area (TPSA) is 134 Å². The second kappa shape index (κ2) is 8.23. The van der Waals surface area contributed by atoms with Gasteiger partial charge in [-0.3, -0.25) is 4.79 Å². The summed E-state index contributed by atoms with van der Waals surface area (Å²) in [5, 5.41) is 16.3. The van der Waals surface area contributed by atoms with E-state index >= 15 is 0 Å². The summed E-state index contributed by atoms with van der Waals surface area (Å²) in [6.45, 7) is 6.34. The van der Waals surface area contributed by atoms with Gasteiger partial charge in [0.05, 0.1) is 6.42 Å². The number of urea groups is 2. The number of carboxylic acids is 1. The van der Waals surface area contributed by atoms with Crippen molar-refractivity contribution in [2.75, 3.05) is 13.1 Å². The Morgan fingerprint density at radius 1 is 1.15 bits per heavy atom. The first-order chi connectivity index (χ1) is 9.10. The van der Waals surface area contributed by atoms with Gasteiger partial charge < -0.3 is 26.8 Å². The van der Waals surface area contributed by atoms with Gasteiger partial charge in [0.1, 0.15) is 0 Å². The number of hydrogen-bond donors (Lipinski definition) is 5. The van der Waals surface area contributed by atoms with Crippen LogP contribution in [0.4, 0.5) is 9.59 Å². The van der Waals surface area contributed by atoms with Gasteiger partial charge in [0.15, 0.2) is 0 Å². The molecular formula is C12H24N4O4. The second-order valence-electron chi connectivity index (χ2n) is 5.75. The zero-order valence-corrected chi connectivity index (χ0v) is 12.2. The summed E-state index contributed by atoms with van der Waals surface area (Å²) in [5.41, 5.74) is 4.77. The zero-order valence-electron chi connectivity index (χ0n) is 12.2. The molecule has 0 aliphatic rings. The maximum atomic E-state index is 11.6. The van der Waals surface area contributed by atoms with E-state index in [4.69, 9.17) is 10.8 Å². The van der Waals surface area contributed by atoms with Gasteiger partial charge in [0.2, 0.25) is 0 Å². The number of carboxylic acid groups (broad SMARTS) is 1. The molecule has 4 amide bonds. The fourth-order valence-electron chi connectivity index (χ4n) is 1.72. The van der Waals surface area contributed by atoms with Gasteiger partial charge >= 0.3 is 18.0 Å². The van der Waals surface area contributed by atoms with E-state index in [0.717, 1.165) is 0 Å². The summed E-state index contributed by atoms with van der Waals surface area (Å²) in [6, 6.07) is -1.58. The van der Waals surface area contributed by atoms with E-state index < -0.39 is 24.1 Å². The summed E-state index contributed by atoms with van der Waals surface area (Å²) in [7, 11) is 0. The van der Waals surface area contributed by atoms with Crippen molar-refractivity contribution >= 4 is 18.0 Å². The van der Waals surface area contributed by atoms with Gasteiger partial charge in [0.25, 0.3) is 0 Å². The highest BCUT2D eigenvalue weighted by molar-refractivity contribution is 5.76. The van der Waals surface area contributed by atoms with Gasteiger partial charge in [-0.15, -0.1) is 0 Å². The molecule has 0 saturated heterocycles. The van der Waals surface area contributed by atoms with Gasteiger partial charge in [0, 0.05) is 19.1 Å². The van der Waals surface area contributed by atoms with Crippen molar-refractivity contribution in [2.45, 2.75) is 39.7 Å². The minimum absolute atomic E-state index is 0.0963. The van der Waals surface area contributed by atoms with Crippen LogP contribution in [0.3, 0.4) is 0 Å². The summed E-state index contributed by atoms with van der Waals surface area (Å²) >= 11 is 0. The maximum Gasteiger partial charge on any atom is 0.315 e. The molecule has 0 radical (unpaired) electrons. The second-order valence-corrected chi connectivity index (χ2v) is 5.75. The highest BCUT2D eigenvalue weighted by Crippen LogP contribution is 2.22. The lowest BCUT2D eigenvalue weighted by Crippen LogP contribution is -2.46. The van der Waals surface area contributed by atoms with E-state index in [1.807, 2.05) is 20.8 Å². The molecule has 20 heavy (non-hydrogen) atoms. The monoisotopic (exact) mass is 288 g/mol. The number of amides is 4. The van der Waals surface area contributed by atoms with Crippen LogP contribution in [0.2, 0.25) is 0 Å². The average molecular weight is 288 g/mol. The number of primary amides is 1. The third kappa shape index (κ3) is 11.1. The number of hydrogen-bond acceptors (Lipinski definition) is 3. The number of rotatable bonds is 7.